The Hall–Kier alpha value is -2.47. The summed E-state index contributed by atoms with van der Waals surface area (Å²) < 4.78 is 16.9. The van der Waals surface area contributed by atoms with Crippen LogP contribution in [0.2, 0.25) is 0 Å². The molecular formula is C17H12BrFN4. The summed E-state index contributed by atoms with van der Waals surface area (Å²) in [5, 5.41) is 7.47. The minimum atomic E-state index is -0.344. The number of nitrogens with one attached hydrogen (secondary N) is 1. The normalized spacial score (nSPS) is 16.4. The van der Waals surface area contributed by atoms with Gasteiger partial charge in [-0.05, 0) is 29.8 Å². The second-order valence-electron chi connectivity index (χ2n) is 5.21. The smallest absolute Gasteiger partial charge is 0.226 e. The van der Waals surface area contributed by atoms with E-state index in [9.17, 15) is 4.39 Å². The zero-order chi connectivity index (χ0) is 15.8. The third-order valence-corrected chi connectivity index (χ3v) is 4.26. The Labute approximate surface area is 140 Å². The van der Waals surface area contributed by atoms with Crippen LogP contribution in [0.15, 0.2) is 65.4 Å². The van der Waals surface area contributed by atoms with E-state index in [0.29, 0.717) is 11.5 Å². The molecule has 23 heavy (non-hydrogen) atoms. The molecule has 2 heterocycles. The van der Waals surface area contributed by atoms with Crippen molar-refractivity contribution in [3.63, 3.8) is 0 Å². The summed E-state index contributed by atoms with van der Waals surface area (Å²) in [6, 6.07) is 14.3. The maximum Gasteiger partial charge on any atom is 0.226 e. The molecule has 0 spiro atoms. The number of benzene rings is 2. The molecule has 0 aliphatic carbocycles. The van der Waals surface area contributed by atoms with E-state index < -0.39 is 0 Å². The average molecular weight is 371 g/mol. The quantitative estimate of drug-likeness (QED) is 0.733. The highest BCUT2D eigenvalue weighted by molar-refractivity contribution is 9.10. The molecule has 1 atom stereocenters. The van der Waals surface area contributed by atoms with Crippen LogP contribution in [-0.2, 0) is 0 Å². The van der Waals surface area contributed by atoms with Crippen LogP contribution in [0.4, 0.5) is 10.3 Å². The molecule has 4 nitrogen and oxygen atoms in total. The maximum absolute atomic E-state index is 14.2. The fourth-order valence-electron chi connectivity index (χ4n) is 2.69. The molecule has 0 radical (unpaired) electrons. The molecule has 1 N–H and O–H groups in total. The lowest BCUT2D eigenvalue weighted by Gasteiger charge is -2.24. The maximum atomic E-state index is 14.2. The zero-order valence-corrected chi connectivity index (χ0v) is 13.5. The van der Waals surface area contributed by atoms with Crippen molar-refractivity contribution in [3.8, 4) is 0 Å². The van der Waals surface area contributed by atoms with Gasteiger partial charge in [0.15, 0.2) is 0 Å². The van der Waals surface area contributed by atoms with Crippen molar-refractivity contribution >= 4 is 27.6 Å². The van der Waals surface area contributed by atoms with Gasteiger partial charge in [-0.2, -0.15) is 10.1 Å². The first-order valence-electron chi connectivity index (χ1n) is 7.11. The Balaban J connectivity index is 1.85. The standard InChI is InChI=1S/C17H12BrFN4/c18-12-5-3-4-11(8-12)15-9-16(13-6-1-2-7-14(13)19)23-17(22-15)20-10-21-23/h1-10,16H,(H,20,21,22)/t16-/m1/s1. The van der Waals surface area contributed by atoms with E-state index in [0.717, 1.165) is 15.7 Å². The minimum absolute atomic E-state index is 0.259. The first-order chi connectivity index (χ1) is 11.2. The van der Waals surface area contributed by atoms with Crippen molar-refractivity contribution in [2.45, 2.75) is 6.04 Å². The van der Waals surface area contributed by atoms with Crippen molar-refractivity contribution < 1.29 is 4.39 Å². The molecule has 3 aromatic rings. The Morgan fingerprint density at radius 2 is 2.00 bits per heavy atom. The van der Waals surface area contributed by atoms with E-state index in [2.05, 4.69) is 31.3 Å². The lowest BCUT2D eigenvalue weighted by atomic mass is 10.0. The van der Waals surface area contributed by atoms with E-state index >= 15 is 0 Å². The van der Waals surface area contributed by atoms with Gasteiger partial charge < -0.3 is 5.32 Å². The number of fused-ring (bicyclic) bond motifs is 1. The Bertz CT molecular complexity index is 903. The Morgan fingerprint density at radius 1 is 1.13 bits per heavy atom. The highest BCUT2D eigenvalue weighted by atomic mass is 79.9. The number of halogens is 2. The van der Waals surface area contributed by atoms with E-state index in [1.54, 1.807) is 16.8 Å². The summed E-state index contributed by atoms with van der Waals surface area (Å²) in [5.74, 6) is 0.335. The molecule has 0 bridgehead atoms. The third-order valence-electron chi connectivity index (χ3n) is 3.77. The van der Waals surface area contributed by atoms with Crippen LogP contribution in [0.5, 0.6) is 0 Å². The minimum Gasteiger partial charge on any atom is -0.324 e. The molecule has 0 unspecified atom stereocenters. The van der Waals surface area contributed by atoms with Crippen molar-refractivity contribution in [1.82, 2.24) is 14.8 Å². The summed E-state index contributed by atoms with van der Waals surface area (Å²) in [7, 11) is 0. The molecule has 114 valence electrons. The second-order valence-corrected chi connectivity index (χ2v) is 6.13. The van der Waals surface area contributed by atoms with Gasteiger partial charge in [0.05, 0.1) is 0 Å². The van der Waals surface area contributed by atoms with Gasteiger partial charge in [-0.1, -0.05) is 46.3 Å². The van der Waals surface area contributed by atoms with E-state index in [4.69, 9.17) is 0 Å². The van der Waals surface area contributed by atoms with Gasteiger partial charge in [0.25, 0.3) is 0 Å². The Kier molecular flexibility index (Phi) is 3.46. The molecule has 0 fully saturated rings. The number of hydrogen-bond acceptors (Lipinski definition) is 3. The van der Waals surface area contributed by atoms with Crippen molar-refractivity contribution in [1.29, 1.82) is 0 Å². The molecule has 1 aromatic heterocycles. The van der Waals surface area contributed by atoms with Crippen LogP contribution in [0.3, 0.4) is 0 Å². The van der Waals surface area contributed by atoms with E-state index in [1.807, 2.05) is 36.4 Å². The Morgan fingerprint density at radius 3 is 2.83 bits per heavy atom. The van der Waals surface area contributed by atoms with Crippen LogP contribution in [0.25, 0.3) is 5.70 Å². The number of hydrogen-bond donors (Lipinski definition) is 1. The van der Waals surface area contributed by atoms with Crippen LogP contribution in [0, 0.1) is 5.82 Å². The number of allylic oxidation sites excluding steroid dienone is 1. The molecule has 0 amide bonds. The average Bonchev–Trinajstić information content (AvgIpc) is 3.03. The SMILES string of the molecule is Fc1ccccc1[C@H]1C=C(c2cccc(Br)c2)Nc2ncnn21. The third kappa shape index (κ3) is 2.55. The summed E-state index contributed by atoms with van der Waals surface area (Å²) in [5.41, 5.74) is 2.43. The molecule has 6 heteroatoms. The van der Waals surface area contributed by atoms with Gasteiger partial charge in [-0.15, -0.1) is 0 Å². The highest BCUT2D eigenvalue weighted by Crippen LogP contribution is 2.33. The van der Waals surface area contributed by atoms with E-state index in [1.165, 1.54) is 12.4 Å². The summed E-state index contributed by atoms with van der Waals surface area (Å²) in [6.07, 6.45) is 3.43. The number of nitrogens with zero attached hydrogens (tertiary/aromatic N) is 3. The second kappa shape index (κ2) is 5.62. The molecule has 1 aliphatic heterocycles. The number of rotatable bonds is 2. The summed E-state index contributed by atoms with van der Waals surface area (Å²) in [4.78, 5) is 4.23. The molecule has 1 aliphatic rings. The van der Waals surface area contributed by atoms with Crippen LogP contribution in [0.1, 0.15) is 17.2 Å². The lowest BCUT2D eigenvalue weighted by molar-refractivity contribution is 0.551. The topological polar surface area (TPSA) is 42.7 Å². The molecule has 2 aromatic carbocycles. The predicted octanol–water partition coefficient (Wildman–Crippen LogP) is 4.24. The predicted molar refractivity (Wildman–Crippen MR) is 90.3 cm³/mol. The molecule has 0 saturated carbocycles. The lowest BCUT2D eigenvalue weighted by Crippen LogP contribution is -2.21. The van der Waals surface area contributed by atoms with Crippen molar-refractivity contribution in [2.75, 3.05) is 5.32 Å². The van der Waals surface area contributed by atoms with Gasteiger partial charge in [0.2, 0.25) is 5.95 Å². The van der Waals surface area contributed by atoms with Crippen molar-refractivity contribution in [3.05, 3.63) is 82.4 Å². The fourth-order valence-corrected chi connectivity index (χ4v) is 3.09. The molecule has 0 saturated heterocycles. The van der Waals surface area contributed by atoms with E-state index in [-0.39, 0.29) is 11.9 Å². The van der Waals surface area contributed by atoms with Gasteiger partial charge in [0.1, 0.15) is 18.2 Å². The fraction of sp³-hybridized carbons (Fsp3) is 0.0588. The summed E-state index contributed by atoms with van der Waals surface area (Å²) in [6.45, 7) is 0. The number of aromatic nitrogens is 3. The first-order valence-corrected chi connectivity index (χ1v) is 7.90. The monoisotopic (exact) mass is 370 g/mol. The van der Waals surface area contributed by atoms with Gasteiger partial charge >= 0.3 is 0 Å². The van der Waals surface area contributed by atoms with Gasteiger partial charge in [-0.3, -0.25) is 0 Å². The highest BCUT2D eigenvalue weighted by Gasteiger charge is 2.25. The van der Waals surface area contributed by atoms with Crippen LogP contribution < -0.4 is 5.32 Å². The molecular weight excluding hydrogens is 359 g/mol. The zero-order valence-electron chi connectivity index (χ0n) is 11.9. The van der Waals surface area contributed by atoms with Gasteiger partial charge in [-0.25, -0.2) is 9.07 Å². The number of anilines is 1. The van der Waals surface area contributed by atoms with Crippen LogP contribution in [-0.4, -0.2) is 14.8 Å². The largest absolute Gasteiger partial charge is 0.324 e. The summed E-state index contributed by atoms with van der Waals surface area (Å²) >= 11 is 3.48. The van der Waals surface area contributed by atoms with Gasteiger partial charge in [0, 0.05) is 15.7 Å². The molecule has 4 rings (SSSR count). The first kappa shape index (κ1) is 14.1. The van der Waals surface area contributed by atoms with Crippen molar-refractivity contribution in [2.24, 2.45) is 0 Å². The van der Waals surface area contributed by atoms with Crippen LogP contribution >= 0.6 is 15.9 Å².